The molecule has 0 aliphatic carbocycles. The first-order chi connectivity index (χ1) is 30.7. The van der Waals surface area contributed by atoms with Gasteiger partial charge in [-0.1, -0.05) is 200 Å². The molecule has 0 saturated carbocycles. The van der Waals surface area contributed by atoms with Crippen LogP contribution < -0.4 is 0 Å². The van der Waals surface area contributed by atoms with Crippen LogP contribution in [0.15, 0.2) is 218 Å². The van der Waals surface area contributed by atoms with E-state index in [2.05, 4.69) is 97.1 Å². The number of hydrogen-bond donors (Lipinski definition) is 0. The van der Waals surface area contributed by atoms with Gasteiger partial charge in [0.15, 0.2) is 23.3 Å². The van der Waals surface area contributed by atoms with Gasteiger partial charge in [-0.2, -0.15) is 5.26 Å². The normalized spacial score (nSPS) is 10.9. The number of aromatic nitrogens is 5. The summed E-state index contributed by atoms with van der Waals surface area (Å²) in [5.41, 5.74) is 13.9. The van der Waals surface area contributed by atoms with Gasteiger partial charge >= 0.3 is 0 Å². The zero-order valence-corrected chi connectivity index (χ0v) is 33.5. The summed E-state index contributed by atoms with van der Waals surface area (Å²) >= 11 is 0. The Morgan fingerprint density at radius 3 is 1.21 bits per heavy atom. The van der Waals surface area contributed by atoms with Crippen molar-refractivity contribution in [3.8, 4) is 108 Å². The van der Waals surface area contributed by atoms with E-state index in [0.717, 1.165) is 78.1 Å². The summed E-state index contributed by atoms with van der Waals surface area (Å²) in [5, 5.41) is 9.88. The fraction of sp³-hybridized carbons (Fsp3) is 0. The quantitative estimate of drug-likeness (QED) is 0.145. The molecule has 0 fully saturated rings. The molecule has 10 rings (SSSR count). The summed E-state index contributed by atoms with van der Waals surface area (Å²) in [7, 11) is 0. The molecule has 0 amide bonds. The van der Waals surface area contributed by atoms with E-state index < -0.39 is 0 Å². The van der Waals surface area contributed by atoms with Crippen LogP contribution in [0.5, 0.6) is 0 Å². The maximum atomic E-state index is 9.88. The van der Waals surface area contributed by atoms with Gasteiger partial charge in [-0.05, 0) is 51.6 Å². The molecule has 10 aromatic rings. The topological polar surface area (TPSA) is 88.2 Å². The SMILES string of the molecule is N#Cc1ccccc1-c1cccc(-c2cc(-c3ccccc3-c3ccccc3-c3ccc(-c4nc(-c5ccccc5)nc(-c5ccccc5)n4)cc3)nc(-c3ccccc3)n2)c1. The molecule has 0 aliphatic rings. The van der Waals surface area contributed by atoms with E-state index in [1.54, 1.807) is 0 Å². The van der Waals surface area contributed by atoms with Gasteiger partial charge in [0.1, 0.15) is 0 Å². The summed E-state index contributed by atoms with van der Waals surface area (Å²) in [6.45, 7) is 0. The van der Waals surface area contributed by atoms with Gasteiger partial charge in [-0.25, -0.2) is 24.9 Å². The molecule has 0 spiro atoms. The highest BCUT2D eigenvalue weighted by Crippen LogP contribution is 2.40. The van der Waals surface area contributed by atoms with Crippen molar-refractivity contribution in [1.29, 1.82) is 5.26 Å². The van der Waals surface area contributed by atoms with Gasteiger partial charge < -0.3 is 0 Å². The lowest BCUT2D eigenvalue weighted by Crippen LogP contribution is -2.00. The summed E-state index contributed by atoms with van der Waals surface area (Å²) in [4.78, 5) is 25.1. The van der Waals surface area contributed by atoms with E-state index in [4.69, 9.17) is 24.9 Å². The molecule has 0 aliphatic heterocycles. The minimum atomic E-state index is 0.608. The molecule has 8 aromatic carbocycles. The van der Waals surface area contributed by atoms with Crippen molar-refractivity contribution in [3.05, 3.63) is 224 Å². The Bertz CT molecular complexity index is 3170. The molecule has 0 unspecified atom stereocenters. The van der Waals surface area contributed by atoms with Crippen LogP contribution in [0, 0.1) is 11.3 Å². The summed E-state index contributed by atoms with van der Waals surface area (Å²) in [5.74, 6) is 2.49. The molecule has 6 nitrogen and oxygen atoms in total. The predicted octanol–water partition coefficient (Wildman–Crippen LogP) is 13.5. The van der Waals surface area contributed by atoms with Crippen LogP contribution in [-0.4, -0.2) is 24.9 Å². The summed E-state index contributed by atoms with van der Waals surface area (Å²) in [6, 6.07) is 75.8. The highest BCUT2D eigenvalue weighted by molar-refractivity contribution is 5.92. The number of benzene rings is 8. The lowest BCUT2D eigenvalue weighted by molar-refractivity contribution is 1.07. The maximum absolute atomic E-state index is 9.88. The van der Waals surface area contributed by atoms with Crippen LogP contribution >= 0.6 is 0 Å². The number of rotatable bonds is 9. The third-order valence-corrected chi connectivity index (χ3v) is 10.8. The largest absolute Gasteiger partial charge is 0.228 e. The summed E-state index contributed by atoms with van der Waals surface area (Å²) in [6.07, 6.45) is 0. The van der Waals surface area contributed by atoms with Crippen LogP contribution in [-0.2, 0) is 0 Å². The molecule has 0 bridgehead atoms. The first kappa shape index (κ1) is 37.6. The zero-order valence-electron chi connectivity index (χ0n) is 33.5. The molecule has 62 heavy (non-hydrogen) atoms. The van der Waals surface area contributed by atoms with Crippen LogP contribution in [0.3, 0.4) is 0 Å². The van der Waals surface area contributed by atoms with Gasteiger partial charge in [0, 0.05) is 33.4 Å². The molecule has 0 atom stereocenters. The van der Waals surface area contributed by atoms with E-state index >= 15 is 0 Å². The molecule has 290 valence electrons. The number of nitriles is 1. The average molecular weight is 793 g/mol. The van der Waals surface area contributed by atoms with Crippen molar-refractivity contribution in [2.24, 2.45) is 0 Å². The first-order valence-corrected chi connectivity index (χ1v) is 20.4. The monoisotopic (exact) mass is 792 g/mol. The van der Waals surface area contributed by atoms with Gasteiger partial charge in [0.25, 0.3) is 0 Å². The van der Waals surface area contributed by atoms with Gasteiger partial charge in [-0.15, -0.1) is 0 Å². The van der Waals surface area contributed by atoms with E-state index in [1.807, 2.05) is 127 Å². The highest BCUT2D eigenvalue weighted by Gasteiger charge is 2.18. The fourth-order valence-corrected chi connectivity index (χ4v) is 7.78. The number of nitrogens with zero attached hydrogens (tertiary/aromatic N) is 6. The maximum Gasteiger partial charge on any atom is 0.164 e. The van der Waals surface area contributed by atoms with Crippen molar-refractivity contribution in [1.82, 2.24) is 24.9 Å². The molecular weight excluding hydrogens is 757 g/mol. The Hall–Kier alpha value is -8.66. The predicted molar refractivity (Wildman–Crippen MR) is 249 cm³/mol. The Morgan fingerprint density at radius 2 is 0.645 bits per heavy atom. The second kappa shape index (κ2) is 16.9. The van der Waals surface area contributed by atoms with Crippen LogP contribution in [0.25, 0.3) is 101 Å². The van der Waals surface area contributed by atoms with E-state index in [0.29, 0.717) is 28.9 Å². The summed E-state index contributed by atoms with van der Waals surface area (Å²) < 4.78 is 0. The highest BCUT2D eigenvalue weighted by atomic mass is 15.0. The smallest absolute Gasteiger partial charge is 0.164 e. The zero-order chi connectivity index (χ0) is 41.7. The molecule has 0 saturated heterocycles. The molecular formula is C56H36N6. The van der Waals surface area contributed by atoms with Crippen LogP contribution in [0.2, 0.25) is 0 Å². The van der Waals surface area contributed by atoms with Gasteiger partial charge in [-0.3, -0.25) is 0 Å². The van der Waals surface area contributed by atoms with E-state index in [-0.39, 0.29) is 0 Å². The second-order valence-electron chi connectivity index (χ2n) is 14.8. The minimum Gasteiger partial charge on any atom is -0.228 e. The van der Waals surface area contributed by atoms with E-state index in [9.17, 15) is 5.26 Å². The van der Waals surface area contributed by atoms with E-state index in [1.165, 1.54) is 0 Å². The molecule has 6 heteroatoms. The second-order valence-corrected chi connectivity index (χ2v) is 14.8. The number of hydrogen-bond acceptors (Lipinski definition) is 6. The molecule has 0 radical (unpaired) electrons. The Morgan fingerprint density at radius 1 is 0.258 bits per heavy atom. The Kier molecular flexibility index (Phi) is 10.3. The Balaban J connectivity index is 1.06. The van der Waals surface area contributed by atoms with Crippen LogP contribution in [0.1, 0.15) is 5.56 Å². The van der Waals surface area contributed by atoms with Crippen LogP contribution in [0.4, 0.5) is 0 Å². The van der Waals surface area contributed by atoms with Crippen molar-refractivity contribution in [2.75, 3.05) is 0 Å². The third-order valence-electron chi connectivity index (χ3n) is 10.8. The standard InChI is InChI=1S/C56H36N6/c57-37-45-23-10-11-26-46(45)43-24-16-25-44(35-43)51-36-52(59-53(58-51)39-17-4-1-5-18-39)50-30-15-14-29-49(50)48-28-13-12-27-47(48)38-31-33-42(34-32-38)56-61-54(40-19-6-2-7-20-40)60-55(62-56)41-21-8-3-9-22-41/h1-36H. The minimum absolute atomic E-state index is 0.608. The molecule has 2 heterocycles. The third kappa shape index (κ3) is 7.66. The van der Waals surface area contributed by atoms with Crippen molar-refractivity contribution in [2.45, 2.75) is 0 Å². The fourth-order valence-electron chi connectivity index (χ4n) is 7.78. The van der Waals surface area contributed by atoms with Crippen molar-refractivity contribution < 1.29 is 0 Å². The molecule has 2 aromatic heterocycles. The lowest BCUT2D eigenvalue weighted by Gasteiger charge is -2.16. The van der Waals surface area contributed by atoms with Gasteiger partial charge in [0.05, 0.1) is 23.0 Å². The van der Waals surface area contributed by atoms with Crippen molar-refractivity contribution in [3.63, 3.8) is 0 Å². The molecule has 0 N–H and O–H groups in total. The van der Waals surface area contributed by atoms with Gasteiger partial charge in [0.2, 0.25) is 0 Å². The lowest BCUT2D eigenvalue weighted by atomic mass is 9.90. The average Bonchev–Trinajstić information content (AvgIpc) is 3.37. The Labute approximate surface area is 360 Å². The first-order valence-electron chi connectivity index (χ1n) is 20.4. The van der Waals surface area contributed by atoms with Crippen molar-refractivity contribution >= 4 is 0 Å².